The number of benzene rings is 3. The lowest BCUT2D eigenvalue weighted by molar-refractivity contribution is -0.126. The van der Waals surface area contributed by atoms with Gasteiger partial charge in [-0.05, 0) is 48.5 Å². The molecule has 0 saturated carbocycles. The monoisotopic (exact) mass is 488 g/mol. The molecule has 2 fully saturated rings. The lowest BCUT2D eigenvalue weighted by Crippen LogP contribution is -2.37. The number of carbonyl (C=O) groups excluding carboxylic acids is 3. The van der Waals surface area contributed by atoms with Gasteiger partial charge in [0.1, 0.15) is 17.4 Å². The molecular formula is C27H24N2O7. The summed E-state index contributed by atoms with van der Waals surface area (Å²) in [5, 5.41) is 1.60. The number of hydroxylamine groups is 1. The van der Waals surface area contributed by atoms with Crippen molar-refractivity contribution in [1.82, 2.24) is 0 Å². The van der Waals surface area contributed by atoms with Crippen LogP contribution in [0, 0.1) is 5.92 Å². The van der Waals surface area contributed by atoms with Crippen LogP contribution in [0.15, 0.2) is 72.8 Å². The molecule has 3 aromatic rings. The Hall–Kier alpha value is -4.37. The largest absolute Gasteiger partial charge is 0.497 e. The molecule has 184 valence electrons. The summed E-state index contributed by atoms with van der Waals surface area (Å²) in [5.41, 5.74) is 2.04. The molecule has 2 saturated heterocycles. The van der Waals surface area contributed by atoms with Crippen LogP contribution in [-0.4, -0.2) is 45.2 Å². The summed E-state index contributed by atoms with van der Waals surface area (Å²) in [6.45, 7) is 0. The van der Waals surface area contributed by atoms with Gasteiger partial charge in [0, 0.05) is 11.6 Å². The summed E-state index contributed by atoms with van der Waals surface area (Å²) in [6.07, 6.45) is -1.03. The third-order valence-electron chi connectivity index (χ3n) is 6.43. The van der Waals surface area contributed by atoms with Crippen molar-refractivity contribution in [3.8, 4) is 11.5 Å². The van der Waals surface area contributed by atoms with E-state index < -0.39 is 35.8 Å². The SMILES string of the molecule is COC(=O)c1ccc(N2C(=O)[C@H]3[C@@H](c4ccc(OC)cc4OC)N(c4ccccc4)O[C@H]3C2=O)cc1. The summed E-state index contributed by atoms with van der Waals surface area (Å²) in [7, 11) is 4.38. The highest BCUT2D eigenvalue weighted by Gasteiger charge is 2.60. The molecule has 2 heterocycles. The Labute approximate surface area is 207 Å². The van der Waals surface area contributed by atoms with E-state index in [0.717, 1.165) is 4.90 Å². The van der Waals surface area contributed by atoms with E-state index in [0.29, 0.717) is 34.0 Å². The first-order valence-corrected chi connectivity index (χ1v) is 11.3. The molecule has 9 heteroatoms. The maximum Gasteiger partial charge on any atom is 0.337 e. The van der Waals surface area contributed by atoms with Crippen molar-refractivity contribution in [2.75, 3.05) is 31.3 Å². The lowest BCUT2D eigenvalue weighted by atomic mass is 9.90. The molecule has 0 N–H and O–H groups in total. The van der Waals surface area contributed by atoms with Crippen LogP contribution in [0.4, 0.5) is 11.4 Å². The van der Waals surface area contributed by atoms with E-state index in [4.69, 9.17) is 19.0 Å². The molecule has 3 aromatic carbocycles. The number of hydrogen-bond donors (Lipinski definition) is 0. The fourth-order valence-electron chi connectivity index (χ4n) is 4.71. The first-order chi connectivity index (χ1) is 17.5. The molecule has 5 rings (SSSR count). The second kappa shape index (κ2) is 9.35. The Bertz CT molecular complexity index is 1310. The number of esters is 1. The molecule has 0 radical (unpaired) electrons. The Kier molecular flexibility index (Phi) is 6.07. The van der Waals surface area contributed by atoms with Gasteiger partial charge in [-0.2, -0.15) is 0 Å². The molecule has 0 aliphatic carbocycles. The lowest BCUT2D eigenvalue weighted by Gasteiger charge is -2.29. The minimum absolute atomic E-state index is 0.313. The zero-order valence-corrected chi connectivity index (χ0v) is 19.9. The van der Waals surface area contributed by atoms with E-state index in [9.17, 15) is 14.4 Å². The number of rotatable bonds is 6. The highest BCUT2D eigenvalue weighted by atomic mass is 16.7. The summed E-state index contributed by atoms with van der Waals surface area (Å²) in [4.78, 5) is 46.4. The molecule has 0 aromatic heterocycles. The average Bonchev–Trinajstić information content (AvgIpc) is 3.43. The van der Waals surface area contributed by atoms with E-state index in [1.165, 1.54) is 26.4 Å². The van der Waals surface area contributed by atoms with Crippen LogP contribution in [0.5, 0.6) is 11.5 Å². The number of nitrogens with zero attached hydrogens (tertiary/aromatic N) is 2. The quantitative estimate of drug-likeness (QED) is 0.384. The molecule has 9 nitrogen and oxygen atoms in total. The molecule has 0 bridgehead atoms. The van der Waals surface area contributed by atoms with Crippen LogP contribution in [0.3, 0.4) is 0 Å². The van der Waals surface area contributed by atoms with Crippen LogP contribution in [0.1, 0.15) is 22.0 Å². The predicted octanol–water partition coefficient (Wildman–Crippen LogP) is 3.54. The molecule has 3 atom stereocenters. The van der Waals surface area contributed by atoms with E-state index in [2.05, 4.69) is 0 Å². The molecule has 0 unspecified atom stereocenters. The van der Waals surface area contributed by atoms with Gasteiger partial charge in [-0.25, -0.2) is 14.8 Å². The van der Waals surface area contributed by atoms with Crippen LogP contribution in [0.25, 0.3) is 0 Å². The van der Waals surface area contributed by atoms with Gasteiger partial charge in [-0.15, -0.1) is 0 Å². The number of anilines is 2. The van der Waals surface area contributed by atoms with Crippen LogP contribution >= 0.6 is 0 Å². The van der Waals surface area contributed by atoms with Crippen molar-refractivity contribution < 1.29 is 33.4 Å². The smallest absolute Gasteiger partial charge is 0.337 e. The number of para-hydroxylation sites is 1. The third-order valence-corrected chi connectivity index (χ3v) is 6.43. The Balaban J connectivity index is 1.57. The first-order valence-electron chi connectivity index (χ1n) is 11.3. The van der Waals surface area contributed by atoms with E-state index >= 15 is 0 Å². The molecule has 0 spiro atoms. The van der Waals surface area contributed by atoms with Crippen LogP contribution < -0.4 is 19.4 Å². The maximum atomic E-state index is 13.8. The van der Waals surface area contributed by atoms with Crippen molar-refractivity contribution in [2.45, 2.75) is 12.1 Å². The minimum atomic E-state index is -1.03. The van der Waals surface area contributed by atoms with Crippen LogP contribution in [-0.2, 0) is 19.2 Å². The van der Waals surface area contributed by atoms with Crippen molar-refractivity contribution >= 4 is 29.2 Å². The first kappa shape index (κ1) is 23.4. The second-order valence-electron chi connectivity index (χ2n) is 8.32. The predicted molar refractivity (Wildman–Crippen MR) is 130 cm³/mol. The standard InChI is InChI=1S/C27H24N2O7/c1-33-19-13-14-20(21(15-19)34-2)23-22-24(36-29(23)18-7-5-4-6-8-18)26(31)28(25(22)30)17-11-9-16(10-12-17)27(32)35-3/h4-15,22-24H,1-3H3/t22-,23+,24+/m0/s1. The van der Waals surface area contributed by atoms with E-state index in [1.54, 1.807) is 36.4 Å². The van der Waals surface area contributed by atoms with Gasteiger partial charge in [0.25, 0.3) is 5.91 Å². The third kappa shape index (κ3) is 3.74. The summed E-state index contributed by atoms with van der Waals surface area (Å²) in [6, 6.07) is 20.1. The normalized spacial score (nSPS) is 20.9. The van der Waals surface area contributed by atoms with Gasteiger partial charge >= 0.3 is 5.97 Å². The highest BCUT2D eigenvalue weighted by molar-refractivity contribution is 6.24. The number of carbonyl (C=O) groups is 3. The number of hydrogen-bond acceptors (Lipinski definition) is 8. The van der Waals surface area contributed by atoms with Crippen LogP contribution in [0.2, 0.25) is 0 Å². The number of ether oxygens (including phenoxy) is 3. The Morgan fingerprint density at radius 1 is 0.833 bits per heavy atom. The molecule has 36 heavy (non-hydrogen) atoms. The summed E-state index contributed by atoms with van der Waals surface area (Å²) in [5.74, 6) is -1.13. The zero-order chi connectivity index (χ0) is 25.4. The molecule has 2 aliphatic rings. The van der Waals surface area contributed by atoms with Gasteiger partial charge in [0.15, 0.2) is 6.10 Å². The van der Waals surface area contributed by atoms with Gasteiger partial charge in [-0.3, -0.25) is 14.4 Å². The summed E-state index contributed by atoms with van der Waals surface area (Å²) >= 11 is 0. The number of methoxy groups -OCH3 is 3. The molecule has 2 aliphatic heterocycles. The highest BCUT2D eigenvalue weighted by Crippen LogP contribution is 2.49. The Morgan fingerprint density at radius 2 is 1.56 bits per heavy atom. The molecular weight excluding hydrogens is 464 g/mol. The number of imide groups is 1. The van der Waals surface area contributed by atoms with Crippen molar-refractivity contribution in [1.29, 1.82) is 0 Å². The minimum Gasteiger partial charge on any atom is -0.497 e. The van der Waals surface area contributed by atoms with Crippen molar-refractivity contribution in [2.24, 2.45) is 5.92 Å². The van der Waals surface area contributed by atoms with E-state index in [1.807, 2.05) is 36.4 Å². The second-order valence-corrected chi connectivity index (χ2v) is 8.32. The van der Waals surface area contributed by atoms with Crippen molar-refractivity contribution in [3.05, 3.63) is 83.9 Å². The van der Waals surface area contributed by atoms with Crippen molar-refractivity contribution in [3.63, 3.8) is 0 Å². The fourth-order valence-corrected chi connectivity index (χ4v) is 4.71. The number of fused-ring (bicyclic) bond motifs is 1. The molecule has 2 amide bonds. The summed E-state index contributed by atoms with van der Waals surface area (Å²) < 4.78 is 15.7. The average molecular weight is 488 g/mol. The van der Waals surface area contributed by atoms with E-state index in [-0.39, 0.29) is 0 Å². The van der Waals surface area contributed by atoms with Gasteiger partial charge in [0.2, 0.25) is 5.91 Å². The number of amides is 2. The Morgan fingerprint density at radius 3 is 2.19 bits per heavy atom. The topological polar surface area (TPSA) is 94.6 Å². The van der Waals surface area contributed by atoms with Gasteiger partial charge < -0.3 is 14.2 Å². The zero-order valence-electron chi connectivity index (χ0n) is 19.9. The fraction of sp³-hybridized carbons (Fsp3) is 0.222. The van der Waals surface area contributed by atoms with Gasteiger partial charge in [-0.1, -0.05) is 18.2 Å². The maximum absolute atomic E-state index is 13.8. The van der Waals surface area contributed by atoms with Gasteiger partial charge in [0.05, 0.1) is 44.3 Å².